The Morgan fingerprint density at radius 1 is 1.45 bits per heavy atom. The zero-order valence-corrected chi connectivity index (χ0v) is 12.3. The molecule has 1 atom stereocenters. The van der Waals surface area contributed by atoms with Crippen molar-refractivity contribution in [2.45, 2.75) is 30.5 Å². The van der Waals surface area contributed by atoms with Crippen LogP contribution in [-0.4, -0.2) is 16.7 Å². The molecule has 0 amide bonds. The molecule has 0 radical (unpaired) electrons. The highest BCUT2D eigenvalue weighted by molar-refractivity contribution is 7.99. The first-order valence-electron chi connectivity index (χ1n) is 6.31. The molecule has 2 rings (SSSR count). The molecule has 2 heterocycles. The third-order valence-corrected chi connectivity index (χ3v) is 4.17. The molecule has 6 heteroatoms. The first-order valence-corrected chi connectivity index (χ1v) is 7.19. The van der Waals surface area contributed by atoms with Gasteiger partial charge in [0.1, 0.15) is 17.4 Å². The Morgan fingerprint density at radius 3 is 2.85 bits per heavy atom. The molecule has 0 aliphatic carbocycles. The summed E-state index contributed by atoms with van der Waals surface area (Å²) in [7, 11) is 0. The van der Waals surface area contributed by atoms with Gasteiger partial charge in [0.25, 0.3) is 0 Å². The van der Waals surface area contributed by atoms with E-state index in [9.17, 15) is 5.26 Å². The number of nitrogens with zero attached hydrogens (tertiary/aromatic N) is 3. The lowest BCUT2D eigenvalue weighted by Gasteiger charge is -2.14. The number of aryl methyl sites for hydroxylation is 2. The van der Waals surface area contributed by atoms with Gasteiger partial charge >= 0.3 is 0 Å². The highest BCUT2D eigenvalue weighted by Gasteiger charge is 2.20. The van der Waals surface area contributed by atoms with Crippen molar-refractivity contribution in [1.82, 2.24) is 10.1 Å². The molecule has 0 bridgehead atoms. The van der Waals surface area contributed by atoms with Crippen molar-refractivity contribution in [2.75, 3.05) is 6.54 Å². The minimum Gasteiger partial charge on any atom is -0.364 e. The summed E-state index contributed by atoms with van der Waals surface area (Å²) in [5.41, 5.74) is 9.00. The first-order chi connectivity index (χ1) is 9.65. The molecule has 2 aromatic rings. The molecule has 5 nitrogen and oxygen atoms in total. The number of pyridine rings is 1. The third-order valence-electron chi connectivity index (χ3n) is 2.89. The maximum absolute atomic E-state index is 9.18. The topological polar surface area (TPSA) is 88.7 Å². The molecule has 0 saturated carbocycles. The highest BCUT2D eigenvalue weighted by atomic mass is 32.2. The lowest BCUT2D eigenvalue weighted by molar-refractivity contribution is 0.410. The second kappa shape index (κ2) is 6.55. The lowest BCUT2D eigenvalue weighted by Crippen LogP contribution is -2.07. The van der Waals surface area contributed by atoms with Crippen molar-refractivity contribution in [3.63, 3.8) is 0 Å². The molecule has 2 aromatic heterocycles. The maximum atomic E-state index is 9.18. The normalized spacial score (nSPS) is 12.1. The van der Waals surface area contributed by atoms with Gasteiger partial charge in [-0.15, -0.1) is 0 Å². The average molecular weight is 288 g/mol. The van der Waals surface area contributed by atoms with Crippen LogP contribution in [0.5, 0.6) is 0 Å². The molecule has 1 unspecified atom stereocenters. The van der Waals surface area contributed by atoms with Gasteiger partial charge in [-0.25, -0.2) is 4.98 Å². The van der Waals surface area contributed by atoms with Crippen LogP contribution in [0, 0.1) is 25.2 Å². The summed E-state index contributed by atoms with van der Waals surface area (Å²) in [6.45, 7) is 4.40. The Labute approximate surface area is 122 Å². The number of thioether (sulfide) groups is 1. The minimum absolute atomic E-state index is 0.0418. The van der Waals surface area contributed by atoms with E-state index in [0.29, 0.717) is 17.1 Å². The highest BCUT2D eigenvalue weighted by Crippen LogP contribution is 2.38. The number of nitriles is 1. The Balaban J connectivity index is 2.32. The van der Waals surface area contributed by atoms with Crippen LogP contribution in [0.1, 0.15) is 34.2 Å². The average Bonchev–Trinajstić information content (AvgIpc) is 2.85. The molecule has 0 saturated heterocycles. The van der Waals surface area contributed by atoms with Crippen LogP contribution in [0.25, 0.3) is 0 Å². The number of nitrogens with two attached hydrogens (primary N) is 1. The fourth-order valence-corrected chi connectivity index (χ4v) is 3.15. The summed E-state index contributed by atoms with van der Waals surface area (Å²) in [6.07, 6.45) is 2.37. The Bertz CT molecular complexity index is 632. The number of aromatic nitrogens is 2. The van der Waals surface area contributed by atoms with Crippen molar-refractivity contribution in [2.24, 2.45) is 5.73 Å². The Kier molecular flexibility index (Phi) is 4.77. The lowest BCUT2D eigenvalue weighted by atomic mass is 10.2. The zero-order valence-electron chi connectivity index (χ0n) is 11.5. The first kappa shape index (κ1) is 14.6. The zero-order chi connectivity index (χ0) is 14.5. The van der Waals surface area contributed by atoms with Crippen LogP contribution < -0.4 is 5.73 Å². The number of hydrogen-bond donors (Lipinski definition) is 1. The summed E-state index contributed by atoms with van der Waals surface area (Å²) in [5.74, 6) is 0. The van der Waals surface area contributed by atoms with Crippen LogP contribution in [0.15, 0.2) is 27.9 Å². The van der Waals surface area contributed by atoms with Gasteiger partial charge in [-0.1, -0.05) is 16.9 Å². The fourth-order valence-electron chi connectivity index (χ4n) is 1.85. The molecule has 2 N–H and O–H groups in total. The summed E-state index contributed by atoms with van der Waals surface area (Å²) in [4.78, 5) is 4.45. The van der Waals surface area contributed by atoms with Gasteiger partial charge in [0.2, 0.25) is 0 Å². The van der Waals surface area contributed by atoms with Crippen LogP contribution in [-0.2, 0) is 0 Å². The van der Waals surface area contributed by atoms with E-state index >= 15 is 0 Å². The van der Waals surface area contributed by atoms with Crippen molar-refractivity contribution in [3.8, 4) is 6.07 Å². The smallest absolute Gasteiger partial charge is 0.127 e. The molecule has 0 aliphatic heterocycles. The van der Waals surface area contributed by atoms with E-state index in [-0.39, 0.29) is 5.25 Å². The molecule has 20 heavy (non-hydrogen) atoms. The van der Waals surface area contributed by atoms with Gasteiger partial charge in [-0.3, -0.25) is 0 Å². The summed E-state index contributed by atoms with van der Waals surface area (Å²) in [6, 6.07) is 5.80. The monoisotopic (exact) mass is 288 g/mol. The molecule has 0 fully saturated rings. The standard InChI is InChI=1S/C14H16N4OS/c1-9-8-19-18-13(9)12(5-6-15)20-14-11(7-16)4-3-10(2)17-14/h3-4,8,12H,5-6,15H2,1-2H3. The predicted octanol–water partition coefficient (Wildman–Crippen LogP) is 2.74. The van der Waals surface area contributed by atoms with Crippen molar-refractivity contribution >= 4 is 11.8 Å². The number of rotatable bonds is 5. The second-order valence-corrected chi connectivity index (χ2v) is 5.68. The van der Waals surface area contributed by atoms with E-state index in [4.69, 9.17) is 10.3 Å². The van der Waals surface area contributed by atoms with Crippen molar-refractivity contribution in [3.05, 3.63) is 40.9 Å². The predicted molar refractivity (Wildman–Crippen MR) is 77.2 cm³/mol. The van der Waals surface area contributed by atoms with E-state index in [1.54, 1.807) is 12.3 Å². The Hall–Kier alpha value is -1.84. The van der Waals surface area contributed by atoms with Crippen molar-refractivity contribution in [1.29, 1.82) is 5.26 Å². The molecule has 104 valence electrons. The van der Waals surface area contributed by atoms with Gasteiger partial charge in [0.15, 0.2) is 0 Å². The molecule has 0 spiro atoms. The van der Waals surface area contributed by atoms with Gasteiger partial charge in [-0.05, 0) is 38.9 Å². The van der Waals surface area contributed by atoms with Gasteiger partial charge in [0, 0.05) is 11.3 Å². The quantitative estimate of drug-likeness (QED) is 0.851. The molecular formula is C14H16N4OS. The van der Waals surface area contributed by atoms with E-state index in [1.807, 2.05) is 19.9 Å². The van der Waals surface area contributed by atoms with E-state index in [0.717, 1.165) is 23.4 Å². The van der Waals surface area contributed by atoms with E-state index < -0.39 is 0 Å². The Morgan fingerprint density at radius 2 is 2.25 bits per heavy atom. The molecule has 0 aromatic carbocycles. The van der Waals surface area contributed by atoms with Crippen molar-refractivity contribution < 1.29 is 4.52 Å². The summed E-state index contributed by atoms with van der Waals surface area (Å²) in [5, 5.41) is 14.0. The van der Waals surface area contributed by atoms with Crippen LogP contribution >= 0.6 is 11.8 Å². The molecule has 0 aliphatic rings. The van der Waals surface area contributed by atoms with Gasteiger partial charge in [0.05, 0.1) is 16.5 Å². The number of hydrogen-bond acceptors (Lipinski definition) is 6. The summed E-state index contributed by atoms with van der Waals surface area (Å²) >= 11 is 1.51. The maximum Gasteiger partial charge on any atom is 0.127 e. The second-order valence-electron chi connectivity index (χ2n) is 4.48. The molecular weight excluding hydrogens is 272 g/mol. The fraction of sp³-hybridized carbons (Fsp3) is 0.357. The van der Waals surface area contributed by atoms with E-state index in [1.165, 1.54) is 11.8 Å². The largest absolute Gasteiger partial charge is 0.364 e. The van der Waals surface area contributed by atoms with Crippen LogP contribution in [0.2, 0.25) is 0 Å². The minimum atomic E-state index is 0.0418. The third kappa shape index (κ3) is 3.18. The van der Waals surface area contributed by atoms with Crippen LogP contribution in [0.3, 0.4) is 0 Å². The van der Waals surface area contributed by atoms with E-state index in [2.05, 4.69) is 16.2 Å². The van der Waals surface area contributed by atoms with Gasteiger partial charge in [-0.2, -0.15) is 5.26 Å². The van der Waals surface area contributed by atoms with Crippen LogP contribution in [0.4, 0.5) is 0 Å². The summed E-state index contributed by atoms with van der Waals surface area (Å²) < 4.78 is 5.00. The van der Waals surface area contributed by atoms with Gasteiger partial charge < -0.3 is 10.3 Å². The SMILES string of the molecule is Cc1ccc(C#N)c(SC(CCN)c2nocc2C)n1.